The lowest BCUT2D eigenvalue weighted by Gasteiger charge is -2.08. The molecule has 0 saturated heterocycles. The number of carbonyl (C=O) groups excluding carboxylic acids is 2. The number of hydrogen-bond acceptors (Lipinski definition) is 7. The molecule has 0 unspecified atom stereocenters. The molecule has 0 bridgehead atoms. The molecule has 0 radical (unpaired) electrons. The van der Waals surface area contributed by atoms with Gasteiger partial charge in [0.1, 0.15) is 0 Å². The first kappa shape index (κ1) is 21.6. The minimum absolute atomic E-state index is 0.134. The molecule has 166 valence electrons. The highest BCUT2D eigenvalue weighted by Crippen LogP contribution is 2.32. The van der Waals surface area contributed by atoms with E-state index in [-0.39, 0.29) is 12.5 Å². The van der Waals surface area contributed by atoms with Gasteiger partial charge in [-0.2, -0.15) is 5.10 Å². The zero-order valence-corrected chi connectivity index (χ0v) is 17.7. The molecule has 1 N–H and O–H groups in total. The second-order valence-corrected chi connectivity index (χ2v) is 6.84. The summed E-state index contributed by atoms with van der Waals surface area (Å²) in [6.07, 6.45) is 4.46. The van der Waals surface area contributed by atoms with Crippen LogP contribution in [0.4, 0.5) is 0 Å². The Bertz CT molecular complexity index is 1220. The second-order valence-electron chi connectivity index (χ2n) is 6.84. The normalized spacial score (nSPS) is 12.2. The average molecular weight is 444 g/mol. The molecule has 33 heavy (non-hydrogen) atoms. The number of esters is 1. The smallest absolute Gasteiger partial charge is 0.336 e. The molecular weight excluding hydrogens is 424 g/mol. The molecule has 0 spiro atoms. The van der Waals surface area contributed by atoms with Crippen molar-refractivity contribution < 1.29 is 28.5 Å². The van der Waals surface area contributed by atoms with Crippen molar-refractivity contribution >= 4 is 24.2 Å². The van der Waals surface area contributed by atoms with Gasteiger partial charge in [0.05, 0.1) is 13.3 Å². The van der Waals surface area contributed by atoms with Gasteiger partial charge in [-0.3, -0.25) is 4.79 Å². The lowest BCUT2D eigenvalue weighted by Crippen LogP contribution is -2.17. The molecular formula is C25H20N2O6. The maximum atomic E-state index is 12.3. The Balaban J connectivity index is 1.37. The van der Waals surface area contributed by atoms with Crippen LogP contribution in [-0.2, 0) is 4.79 Å². The summed E-state index contributed by atoms with van der Waals surface area (Å²) < 4.78 is 21.2. The molecule has 0 saturated carbocycles. The summed E-state index contributed by atoms with van der Waals surface area (Å²) in [5.74, 6) is 0.796. The van der Waals surface area contributed by atoms with E-state index in [0.29, 0.717) is 28.4 Å². The minimum Gasteiger partial charge on any atom is -0.493 e. The number of ether oxygens (including phenoxy) is 4. The Morgan fingerprint density at radius 1 is 0.939 bits per heavy atom. The average Bonchev–Trinajstić information content (AvgIpc) is 3.32. The predicted octanol–water partition coefficient (Wildman–Crippen LogP) is 3.81. The maximum absolute atomic E-state index is 12.3. The highest BCUT2D eigenvalue weighted by Gasteiger charge is 2.16. The summed E-state index contributed by atoms with van der Waals surface area (Å²) in [6.45, 7) is 0.134. The quantitative estimate of drug-likeness (QED) is 0.196. The molecule has 1 aliphatic heterocycles. The van der Waals surface area contributed by atoms with Crippen molar-refractivity contribution in [2.45, 2.75) is 0 Å². The third-order valence-corrected chi connectivity index (χ3v) is 4.62. The van der Waals surface area contributed by atoms with E-state index in [1.807, 2.05) is 30.3 Å². The SMILES string of the molecule is COc1cc(/C=N\NC(=O)c2ccc3c(c2)OCO3)ccc1OC(=O)/C=C/c1ccccc1. The number of benzene rings is 3. The predicted molar refractivity (Wildman–Crippen MR) is 122 cm³/mol. The van der Waals surface area contributed by atoms with Crippen LogP contribution < -0.4 is 24.4 Å². The molecule has 0 atom stereocenters. The Kier molecular flexibility index (Phi) is 6.65. The zero-order valence-electron chi connectivity index (χ0n) is 17.7. The van der Waals surface area contributed by atoms with Crippen LogP contribution in [-0.4, -0.2) is 32.0 Å². The number of hydrazone groups is 1. The molecule has 0 fully saturated rings. The first-order valence-electron chi connectivity index (χ1n) is 9.98. The fourth-order valence-corrected chi connectivity index (χ4v) is 2.99. The van der Waals surface area contributed by atoms with Crippen molar-refractivity contribution in [2.24, 2.45) is 5.10 Å². The van der Waals surface area contributed by atoms with E-state index < -0.39 is 11.9 Å². The van der Waals surface area contributed by atoms with E-state index in [9.17, 15) is 9.59 Å². The first-order chi connectivity index (χ1) is 16.1. The van der Waals surface area contributed by atoms with Crippen molar-refractivity contribution in [2.75, 3.05) is 13.9 Å². The second kappa shape index (κ2) is 10.1. The van der Waals surface area contributed by atoms with Gasteiger partial charge in [-0.25, -0.2) is 10.2 Å². The lowest BCUT2D eigenvalue weighted by molar-refractivity contribution is -0.129. The monoisotopic (exact) mass is 444 g/mol. The summed E-state index contributed by atoms with van der Waals surface area (Å²) in [5.41, 5.74) is 4.36. The molecule has 8 nitrogen and oxygen atoms in total. The van der Waals surface area contributed by atoms with Gasteiger partial charge in [-0.15, -0.1) is 0 Å². The van der Waals surface area contributed by atoms with Crippen molar-refractivity contribution in [1.29, 1.82) is 0 Å². The van der Waals surface area contributed by atoms with Crippen LogP contribution in [0.15, 0.2) is 77.9 Å². The Morgan fingerprint density at radius 3 is 2.58 bits per heavy atom. The van der Waals surface area contributed by atoms with Crippen molar-refractivity contribution in [3.05, 3.63) is 89.5 Å². The molecule has 3 aromatic carbocycles. The van der Waals surface area contributed by atoms with Gasteiger partial charge < -0.3 is 18.9 Å². The van der Waals surface area contributed by atoms with E-state index in [0.717, 1.165) is 5.56 Å². The van der Waals surface area contributed by atoms with Gasteiger partial charge in [0.2, 0.25) is 6.79 Å². The number of carbonyl (C=O) groups is 2. The van der Waals surface area contributed by atoms with Gasteiger partial charge in [-0.1, -0.05) is 30.3 Å². The van der Waals surface area contributed by atoms with Crippen LogP contribution in [0, 0.1) is 0 Å². The summed E-state index contributed by atoms with van der Waals surface area (Å²) >= 11 is 0. The fraction of sp³-hybridized carbons (Fsp3) is 0.0800. The Morgan fingerprint density at radius 2 is 1.76 bits per heavy atom. The number of nitrogens with zero attached hydrogens (tertiary/aromatic N) is 1. The molecule has 1 aliphatic rings. The zero-order chi connectivity index (χ0) is 23.0. The molecule has 1 amide bonds. The number of hydrogen-bond donors (Lipinski definition) is 1. The van der Waals surface area contributed by atoms with Crippen LogP contribution in [0.3, 0.4) is 0 Å². The van der Waals surface area contributed by atoms with Crippen LogP contribution in [0.5, 0.6) is 23.0 Å². The van der Waals surface area contributed by atoms with E-state index in [1.165, 1.54) is 19.4 Å². The largest absolute Gasteiger partial charge is 0.493 e. The summed E-state index contributed by atoms with van der Waals surface area (Å²) in [5, 5.41) is 3.97. The molecule has 8 heteroatoms. The van der Waals surface area contributed by atoms with Crippen molar-refractivity contribution in [1.82, 2.24) is 5.43 Å². The van der Waals surface area contributed by atoms with Crippen molar-refractivity contribution in [3.63, 3.8) is 0 Å². The highest BCUT2D eigenvalue weighted by atomic mass is 16.7. The van der Waals surface area contributed by atoms with E-state index >= 15 is 0 Å². The fourth-order valence-electron chi connectivity index (χ4n) is 2.99. The van der Waals surface area contributed by atoms with Crippen LogP contribution in [0.1, 0.15) is 21.5 Å². The molecule has 3 aromatic rings. The van der Waals surface area contributed by atoms with Gasteiger partial charge >= 0.3 is 5.97 Å². The topological polar surface area (TPSA) is 95.5 Å². The third kappa shape index (κ3) is 5.56. The van der Waals surface area contributed by atoms with Gasteiger partial charge in [0.15, 0.2) is 23.0 Å². The van der Waals surface area contributed by atoms with E-state index in [2.05, 4.69) is 10.5 Å². The van der Waals surface area contributed by atoms with Crippen molar-refractivity contribution in [3.8, 4) is 23.0 Å². The van der Waals surface area contributed by atoms with E-state index in [4.69, 9.17) is 18.9 Å². The standard InChI is InChI=1S/C25H20N2O6/c1-30-22-13-18(7-10-21(22)33-24(28)12-8-17-5-3-2-4-6-17)15-26-27-25(29)19-9-11-20-23(14-19)32-16-31-20/h2-15H,16H2,1H3,(H,27,29)/b12-8+,26-15-. The number of methoxy groups -OCH3 is 1. The van der Waals surface area contributed by atoms with Gasteiger partial charge in [0.25, 0.3) is 5.91 Å². The van der Waals surface area contributed by atoms with Gasteiger partial charge in [0, 0.05) is 11.6 Å². The molecule has 1 heterocycles. The van der Waals surface area contributed by atoms with Crippen LogP contribution in [0.2, 0.25) is 0 Å². The Hall–Kier alpha value is -4.59. The van der Waals surface area contributed by atoms with Crippen LogP contribution >= 0.6 is 0 Å². The lowest BCUT2D eigenvalue weighted by atomic mass is 10.2. The minimum atomic E-state index is -0.533. The molecule has 4 rings (SSSR count). The first-order valence-corrected chi connectivity index (χ1v) is 9.98. The number of rotatable bonds is 7. The Labute approximate surface area is 190 Å². The number of fused-ring (bicyclic) bond motifs is 1. The summed E-state index contributed by atoms with van der Waals surface area (Å²) in [6, 6.07) is 19.2. The summed E-state index contributed by atoms with van der Waals surface area (Å²) in [4.78, 5) is 24.4. The van der Waals surface area contributed by atoms with E-state index in [1.54, 1.807) is 42.5 Å². The molecule has 0 aliphatic carbocycles. The number of amides is 1. The number of nitrogens with one attached hydrogen (secondary N) is 1. The maximum Gasteiger partial charge on any atom is 0.336 e. The summed E-state index contributed by atoms with van der Waals surface area (Å²) in [7, 11) is 1.47. The third-order valence-electron chi connectivity index (χ3n) is 4.62. The molecule has 0 aromatic heterocycles. The van der Waals surface area contributed by atoms with Gasteiger partial charge in [-0.05, 0) is 53.6 Å². The highest BCUT2D eigenvalue weighted by molar-refractivity contribution is 5.95. The van der Waals surface area contributed by atoms with Crippen LogP contribution in [0.25, 0.3) is 6.08 Å².